The highest BCUT2D eigenvalue weighted by molar-refractivity contribution is 5.75. The van der Waals surface area contributed by atoms with Crippen molar-refractivity contribution in [2.75, 3.05) is 26.7 Å². The maximum absolute atomic E-state index is 13.1. The van der Waals surface area contributed by atoms with Gasteiger partial charge in [0.2, 0.25) is 5.88 Å². The minimum absolute atomic E-state index is 0. The summed E-state index contributed by atoms with van der Waals surface area (Å²) < 4.78 is 9.06. The minimum Gasteiger partial charge on any atom is -1.00 e. The van der Waals surface area contributed by atoms with Gasteiger partial charge in [-0.05, 0) is 48.9 Å². The molecule has 0 bridgehead atoms. The largest absolute Gasteiger partial charge is 1.00 e. The Morgan fingerprint density at radius 2 is 1.82 bits per heavy atom. The minimum atomic E-state index is 0. The number of nitrogens with zero attached hydrogens (tertiary/aromatic N) is 3. The smallest absolute Gasteiger partial charge is 0.275 e. The van der Waals surface area contributed by atoms with Crippen LogP contribution in [-0.4, -0.2) is 40.7 Å². The van der Waals surface area contributed by atoms with Crippen LogP contribution in [0.15, 0.2) is 65.6 Å². The van der Waals surface area contributed by atoms with Crippen LogP contribution in [0.3, 0.4) is 0 Å². The normalized spacial score (nSPS) is 18.3. The van der Waals surface area contributed by atoms with E-state index in [-0.39, 0.29) is 18.0 Å². The van der Waals surface area contributed by atoms with Crippen LogP contribution >= 0.6 is 0 Å². The van der Waals surface area contributed by atoms with E-state index < -0.39 is 0 Å². The Bertz CT molecular complexity index is 1260. The van der Waals surface area contributed by atoms with Crippen molar-refractivity contribution in [3.8, 4) is 5.88 Å². The lowest BCUT2D eigenvalue weighted by atomic mass is 9.90. The summed E-state index contributed by atoms with van der Waals surface area (Å²) in [5, 5.41) is 0. The van der Waals surface area contributed by atoms with E-state index >= 15 is 0 Å². The number of fused-ring (bicyclic) bond motifs is 3. The van der Waals surface area contributed by atoms with Crippen LogP contribution in [0.25, 0.3) is 16.7 Å². The molecule has 1 aromatic carbocycles. The second-order valence-corrected chi connectivity index (χ2v) is 8.90. The number of aryl methyl sites for hydroxylation is 1. The first-order chi connectivity index (χ1) is 15.7. The highest BCUT2D eigenvalue weighted by Crippen LogP contribution is 2.18. The molecule has 0 saturated carbocycles. The summed E-state index contributed by atoms with van der Waals surface area (Å²) in [6, 6.07) is 18.4. The summed E-state index contributed by atoms with van der Waals surface area (Å²) in [5.41, 5.74) is 3.78. The van der Waals surface area contributed by atoms with Gasteiger partial charge in [0, 0.05) is 25.2 Å². The average Bonchev–Trinajstić information content (AvgIpc) is 3.33. The second kappa shape index (κ2) is 10.4. The van der Waals surface area contributed by atoms with Gasteiger partial charge in [-0.2, -0.15) is 4.98 Å². The van der Waals surface area contributed by atoms with Gasteiger partial charge in [0.25, 0.3) is 5.56 Å². The molecule has 3 aromatic heterocycles. The van der Waals surface area contributed by atoms with E-state index in [1.807, 2.05) is 39.4 Å². The number of piperidine rings is 1. The van der Waals surface area contributed by atoms with E-state index in [0.717, 1.165) is 30.0 Å². The number of hydrogen-bond donors (Lipinski definition) is 1. The summed E-state index contributed by atoms with van der Waals surface area (Å²) in [5.74, 6) is 1.35. The van der Waals surface area contributed by atoms with Crippen LogP contribution in [0.1, 0.15) is 24.8 Å². The fourth-order valence-electron chi connectivity index (χ4n) is 5.11. The number of pyridine rings is 1. The lowest BCUT2D eigenvalue weighted by Crippen LogP contribution is -3.13. The van der Waals surface area contributed by atoms with Gasteiger partial charge in [-0.3, -0.25) is 9.20 Å². The number of methoxy groups -OCH3 is 1. The second-order valence-electron chi connectivity index (χ2n) is 8.90. The molecule has 0 unspecified atom stereocenters. The van der Waals surface area contributed by atoms with Crippen LogP contribution in [-0.2, 0) is 13.0 Å². The summed E-state index contributed by atoms with van der Waals surface area (Å²) in [4.78, 5) is 19.4. The van der Waals surface area contributed by atoms with Crippen molar-refractivity contribution in [2.45, 2.75) is 32.2 Å². The van der Waals surface area contributed by atoms with Crippen molar-refractivity contribution >= 4 is 16.7 Å². The first-order valence-corrected chi connectivity index (χ1v) is 11.6. The third kappa shape index (κ3) is 4.92. The van der Waals surface area contributed by atoms with Gasteiger partial charge in [0.1, 0.15) is 5.52 Å². The maximum Gasteiger partial charge on any atom is 0.275 e. The molecule has 4 aromatic rings. The molecule has 1 aliphatic rings. The SMILES string of the molecule is COc1ccc2c(n1)n1cccc1c(=O)n2CCC[NH+]1CCC(Cc2ccccc2)CC1.[Cl-]. The summed E-state index contributed by atoms with van der Waals surface area (Å²) in [7, 11) is 1.61. The molecule has 0 spiro atoms. The molecule has 1 fully saturated rings. The van der Waals surface area contributed by atoms with Crippen LogP contribution in [0.5, 0.6) is 5.88 Å². The van der Waals surface area contributed by atoms with Crippen molar-refractivity contribution in [2.24, 2.45) is 5.92 Å². The zero-order chi connectivity index (χ0) is 21.9. The summed E-state index contributed by atoms with van der Waals surface area (Å²) >= 11 is 0. The Labute approximate surface area is 200 Å². The number of quaternary nitrogens is 1. The Morgan fingerprint density at radius 1 is 1.03 bits per heavy atom. The van der Waals surface area contributed by atoms with E-state index in [4.69, 9.17) is 4.74 Å². The third-order valence-electron chi connectivity index (χ3n) is 6.86. The Balaban J connectivity index is 0.00000259. The molecular formula is C26H31ClN4O2. The number of likely N-dealkylation sites (tertiary alicyclic amines) is 1. The number of rotatable bonds is 7. The van der Waals surface area contributed by atoms with Crippen molar-refractivity contribution in [3.05, 3.63) is 76.7 Å². The molecule has 0 amide bonds. The van der Waals surface area contributed by atoms with Crippen molar-refractivity contribution in [1.29, 1.82) is 0 Å². The van der Waals surface area contributed by atoms with E-state index in [1.165, 1.54) is 37.9 Å². The monoisotopic (exact) mass is 466 g/mol. The van der Waals surface area contributed by atoms with Gasteiger partial charge in [-0.15, -0.1) is 0 Å². The molecule has 33 heavy (non-hydrogen) atoms. The molecule has 5 rings (SSSR count). The molecule has 0 radical (unpaired) electrons. The Morgan fingerprint density at radius 3 is 2.58 bits per heavy atom. The highest BCUT2D eigenvalue weighted by Gasteiger charge is 2.22. The predicted octanol–water partition coefficient (Wildman–Crippen LogP) is -0.410. The molecule has 1 aliphatic heterocycles. The zero-order valence-corrected chi connectivity index (χ0v) is 19.8. The molecule has 174 valence electrons. The first-order valence-electron chi connectivity index (χ1n) is 11.6. The number of aromatic nitrogens is 3. The molecule has 0 aliphatic carbocycles. The zero-order valence-electron chi connectivity index (χ0n) is 19.0. The molecular weight excluding hydrogens is 436 g/mol. The maximum atomic E-state index is 13.1. The predicted molar refractivity (Wildman–Crippen MR) is 127 cm³/mol. The Hall–Kier alpha value is -2.83. The number of nitrogens with one attached hydrogen (secondary N) is 1. The van der Waals surface area contributed by atoms with Gasteiger partial charge in [-0.1, -0.05) is 30.3 Å². The van der Waals surface area contributed by atoms with E-state index in [9.17, 15) is 4.79 Å². The van der Waals surface area contributed by atoms with Gasteiger partial charge in [-0.25, -0.2) is 0 Å². The molecule has 7 heteroatoms. The lowest BCUT2D eigenvalue weighted by molar-refractivity contribution is -0.906. The van der Waals surface area contributed by atoms with Gasteiger partial charge < -0.3 is 26.6 Å². The van der Waals surface area contributed by atoms with E-state index in [1.54, 1.807) is 12.0 Å². The van der Waals surface area contributed by atoms with Crippen LogP contribution in [0.2, 0.25) is 0 Å². The van der Waals surface area contributed by atoms with Crippen molar-refractivity contribution in [3.63, 3.8) is 0 Å². The Kier molecular flexibility index (Phi) is 7.36. The fraction of sp³-hybridized carbons (Fsp3) is 0.385. The number of halogens is 1. The molecule has 0 atom stereocenters. The first kappa shape index (κ1) is 23.3. The van der Waals surface area contributed by atoms with Crippen LogP contribution < -0.4 is 27.6 Å². The third-order valence-corrected chi connectivity index (χ3v) is 6.86. The highest BCUT2D eigenvalue weighted by atomic mass is 35.5. The number of hydrogen-bond acceptors (Lipinski definition) is 3. The van der Waals surface area contributed by atoms with E-state index in [0.29, 0.717) is 17.9 Å². The summed E-state index contributed by atoms with van der Waals surface area (Å²) in [6.07, 6.45) is 6.64. The topological polar surface area (TPSA) is 53.0 Å². The van der Waals surface area contributed by atoms with Gasteiger partial charge in [0.05, 0.1) is 32.3 Å². The molecule has 6 nitrogen and oxygen atoms in total. The van der Waals surface area contributed by atoms with Gasteiger partial charge >= 0.3 is 0 Å². The van der Waals surface area contributed by atoms with Crippen LogP contribution in [0, 0.1) is 5.92 Å². The number of benzene rings is 1. The standard InChI is InChI=1S/C26H30N4O2.ClH/c1-32-24-11-10-22-25(27-24)29-15-5-9-23(29)26(31)30(22)16-6-14-28-17-12-21(13-18-28)19-20-7-3-2-4-8-20;/h2-5,7-11,15,21H,6,12-14,16-19H2,1H3;1H. The van der Waals surface area contributed by atoms with Gasteiger partial charge in [0.15, 0.2) is 5.65 Å². The van der Waals surface area contributed by atoms with E-state index in [2.05, 4.69) is 35.3 Å². The molecule has 1 saturated heterocycles. The molecule has 4 heterocycles. The van der Waals surface area contributed by atoms with Crippen molar-refractivity contribution < 1.29 is 22.0 Å². The number of ether oxygens (including phenoxy) is 1. The van der Waals surface area contributed by atoms with Crippen molar-refractivity contribution in [1.82, 2.24) is 14.0 Å². The quantitative estimate of drug-likeness (QED) is 0.403. The van der Waals surface area contributed by atoms with Crippen LogP contribution in [0.4, 0.5) is 0 Å². The average molecular weight is 467 g/mol. The summed E-state index contributed by atoms with van der Waals surface area (Å²) in [6.45, 7) is 4.26. The fourth-order valence-corrected chi connectivity index (χ4v) is 5.11. The molecule has 1 N–H and O–H groups in total. The lowest BCUT2D eigenvalue weighted by Gasteiger charge is -2.29.